The molecule has 0 spiro atoms. The number of hydrogen-bond donors (Lipinski definition) is 2. The number of nitrogens with one attached hydrogen (secondary N) is 1. The number of ether oxygens (including phenoxy) is 1. The predicted octanol–water partition coefficient (Wildman–Crippen LogP) is 2.48. The molecule has 2 N–H and O–H groups in total. The first kappa shape index (κ1) is 17.2. The van der Waals surface area contributed by atoms with Crippen molar-refractivity contribution < 1.29 is 14.6 Å². The maximum absolute atomic E-state index is 11.9. The van der Waals surface area contributed by atoms with Gasteiger partial charge in [-0.2, -0.15) is 0 Å². The zero-order valence-electron chi connectivity index (χ0n) is 12.7. The minimum Gasteiger partial charge on any atom is -0.395 e. The molecule has 114 valence electrons. The van der Waals surface area contributed by atoms with Crippen LogP contribution in [0.1, 0.15) is 37.3 Å². The summed E-state index contributed by atoms with van der Waals surface area (Å²) >= 11 is 0. The van der Waals surface area contributed by atoms with Crippen LogP contribution in [0.25, 0.3) is 0 Å². The van der Waals surface area contributed by atoms with Crippen LogP contribution in [0.5, 0.6) is 0 Å². The average molecular weight is 289 g/mol. The third-order valence-electron chi connectivity index (χ3n) is 2.81. The lowest BCUT2D eigenvalue weighted by Crippen LogP contribution is -2.13. The molecular formula is C17H23NO3. The fraction of sp³-hybridized carbons (Fsp3) is 0.471. The molecule has 0 saturated carbocycles. The van der Waals surface area contributed by atoms with Gasteiger partial charge in [-0.1, -0.05) is 17.9 Å². The van der Waals surface area contributed by atoms with Crippen LogP contribution in [0.15, 0.2) is 18.2 Å². The summed E-state index contributed by atoms with van der Waals surface area (Å²) in [5.41, 5.74) is 2.58. The Kier molecular flexibility index (Phi) is 8.18. The van der Waals surface area contributed by atoms with Crippen LogP contribution < -0.4 is 5.32 Å². The van der Waals surface area contributed by atoms with Crippen LogP contribution in [0.3, 0.4) is 0 Å². The van der Waals surface area contributed by atoms with E-state index in [0.29, 0.717) is 38.2 Å². The van der Waals surface area contributed by atoms with Crippen LogP contribution in [0.4, 0.5) is 5.69 Å². The second-order valence-corrected chi connectivity index (χ2v) is 4.67. The Labute approximate surface area is 126 Å². The summed E-state index contributed by atoms with van der Waals surface area (Å²) < 4.78 is 5.21. The zero-order chi connectivity index (χ0) is 15.5. The first-order valence-corrected chi connectivity index (χ1v) is 7.25. The number of carbonyl (C=O) groups is 1. The van der Waals surface area contributed by atoms with Gasteiger partial charge in [-0.15, -0.1) is 0 Å². The third kappa shape index (κ3) is 6.94. The van der Waals surface area contributed by atoms with Gasteiger partial charge in [0, 0.05) is 31.6 Å². The lowest BCUT2D eigenvalue weighted by molar-refractivity contribution is -0.116. The largest absolute Gasteiger partial charge is 0.395 e. The number of anilines is 1. The van der Waals surface area contributed by atoms with Crippen LogP contribution in [0, 0.1) is 18.8 Å². The molecule has 0 heterocycles. The van der Waals surface area contributed by atoms with Crippen molar-refractivity contribution in [3.8, 4) is 11.8 Å². The molecule has 0 aliphatic heterocycles. The summed E-state index contributed by atoms with van der Waals surface area (Å²) in [5, 5.41) is 11.7. The molecule has 0 aliphatic carbocycles. The number of hydrogen-bond acceptors (Lipinski definition) is 3. The molecule has 0 aromatic heterocycles. The highest BCUT2D eigenvalue weighted by atomic mass is 16.5. The Morgan fingerprint density at radius 3 is 2.95 bits per heavy atom. The van der Waals surface area contributed by atoms with E-state index in [-0.39, 0.29) is 12.5 Å². The molecule has 0 saturated heterocycles. The highest BCUT2D eigenvalue weighted by Gasteiger charge is 2.06. The molecule has 0 atom stereocenters. The van der Waals surface area contributed by atoms with Crippen molar-refractivity contribution in [2.75, 3.05) is 25.1 Å². The van der Waals surface area contributed by atoms with Crippen molar-refractivity contribution in [1.29, 1.82) is 0 Å². The number of aliphatic hydroxyl groups is 1. The molecule has 21 heavy (non-hydrogen) atoms. The molecule has 4 nitrogen and oxygen atoms in total. The second kappa shape index (κ2) is 9.98. The van der Waals surface area contributed by atoms with Crippen molar-refractivity contribution in [2.45, 2.75) is 33.1 Å². The van der Waals surface area contributed by atoms with Crippen molar-refractivity contribution >= 4 is 11.6 Å². The Hall–Kier alpha value is -1.83. The first-order valence-electron chi connectivity index (χ1n) is 7.25. The zero-order valence-corrected chi connectivity index (χ0v) is 12.7. The van der Waals surface area contributed by atoms with Crippen LogP contribution in [0.2, 0.25) is 0 Å². The third-order valence-corrected chi connectivity index (χ3v) is 2.81. The van der Waals surface area contributed by atoms with E-state index < -0.39 is 0 Å². The molecule has 0 aliphatic rings. The van der Waals surface area contributed by atoms with Gasteiger partial charge in [-0.25, -0.2) is 0 Å². The maximum Gasteiger partial charge on any atom is 0.224 e. The van der Waals surface area contributed by atoms with Gasteiger partial charge >= 0.3 is 0 Å². The van der Waals surface area contributed by atoms with E-state index in [0.717, 1.165) is 11.1 Å². The number of aryl methyl sites for hydroxylation is 1. The summed E-state index contributed by atoms with van der Waals surface area (Å²) in [5.74, 6) is 5.83. The van der Waals surface area contributed by atoms with E-state index in [1.807, 2.05) is 32.0 Å². The molecule has 1 rings (SSSR count). The van der Waals surface area contributed by atoms with Crippen molar-refractivity contribution in [3.05, 3.63) is 29.3 Å². The summed E-state index contributed by atoms with van der Waals surface area (Å²) in [6, 6.07) is 5.73. The first-order chi connectivity index (χ1) is 10.2. The van der Waals surface area contributed by atoms with Gasteiger partial charge in [-0.3, -0.25) is 4.79 Å². The van der Waals surface area contributed by atoms with Crippen LogP contribution in [-0.2, 0) is 9.53 Å². The van der Waals surface area contributed by atoms with Crippen LogP contribution >= 0.6 is 0 Å². The quantitative estimate of drug-likeness (QED) is 0.599. The van der Waals surface area contributed by atoms with E-state index in [9.17, 15) is 4.79 Å². The van der Waals surface area contributed by atoms with Crippen LogP contribution in [-0.4, -0.2) is 30.8 Å². The highest BCUT2D eigenvalue weighted by molar-refractivity contribution is 5.92. The molecule has 4 heteroatoms. The monoisotopic (exact) mass is 289 g/mol. The minimum absolute atomic E-state index is 0.0382. The van der Waals surface area contributed by atoms with E-state index >= 15 is 0 Å². The number of aliphatic hydroxyl groups excluding tert-OH is 1. The fourth-order valence-electron chi connectivity index (χ4n) is 1.78. The SMILES string of the molecule is CCOCCCC(=O)Nc1ccc(C)cc1C#CCCO. The standard InChI is InChI=1S/C17H23NO3/c1-3-21-12-6-8-17(20)18-16-10-9-14(2)13-15(16)7-4-5-11-19/h9-10,13,19H,3,5-6,8,11-12H2,1-2H3,(H,18,20). The summed E-state index contributed by atoms with van der Waals surface area (Å²) in [6.45, 7) is 5.22. The van der Waals surface area contributed by atoms with E-state index in [1.165, 1.54) is 0 Å². The van der Waals surface area contributed by atoms with Gasteiger partial charge < -0.3 is 15.2 Å². The van der Waals surface area contributed by atoms with E-state index in [4.69, 9.17) is 9.84 Å². The fourth-order valence-corrected chi connectivity index (χ4v) is 1.78. The van der Waals surface area contributed by atoms with Crippen molar-refractivity contribution in [2.24, 2.45) is 0 Å². The number of amides is 1. The minimum atomic E-state index is -0.0382. The Bertz CT molecular complexity index is 515. The molecular weight excluding hydrogens is 266 g/mol. The van der Waals surface area contributed by atoms with Gasteiger partial charge in [0.2, 0.25) is 5.91 Å². The number of benzene rings is 1. The molecule has 0 fully saturated rings. The topological polar surface area (TPSA) is 58.6 Å². The van der Waals surface area contributed by atoms with Crippen molar-refractivity contribution in [3.63, 3.8) is 0 Å². The molecule has 1 amide bonds. The average Bonchev–Trinajstić information content (AvgIpc) is 2.47. The smallest absolute Gasteiger partial charge is 0.224 e. The summed E-state index contributed by atoms with van der Waals surface area (Å²) in [7, 11) is 0. The van der Waals surface area contributed by atoms with E-state index in [1.54, 1.807) is 0 Å². The maximum atomic E-state index is 11.9. The van der Waals surface area contributed by atoms with Gasteiger partial charge in [0.05, 0.1) is 12.3 Å². The van der Waals surface area contributed by atoms with Gasteiger partial charge in [-0.05, 0) is 38.0 Å². The predicted molar refractivity (Wildman–Crippen MR) is 84.1 cm³/mol. The molecule has 0 radical (unpaired) electrons. The number of rotatable bonds is 7. The van der Waals surface area contributed by atoms with Crippen molar-refractivity contribution in [1.82, 2.24) is 0 Å². The summed E-state index contributed by atoms with van der Waals surface area (Å²) in [6.07, 6.45) is 1.56. The van der Waals surface area contributed by atoms with Gasteiger partial charge in [0.25, 0.3) is 0 Å². The molecule has 1 aromatic carbocycles. The van der Waals surface area contributed by atoms with E-state index in [2.05, 4.69) is 17.2 Å². The molecule has 0 unspecified atom stereocenters. The lowest BCUT2D eigenvalue weighted by atomic mass is 10.1. The molecule has 0 bridgehead atoms. The Morgan fingerprint density at radius 2 is 2.24 bits per heavy atom. The van der Waals surface area contributed by atoms with Gasteiger partial charge in [0.1, 0.15) is 0 Å². The Morgan fingerprint density at radius 1 is 1.43 bits per heavy atom. The summed E-state index contributed by atoms with van der Waals surface area (Å²) in [4.78, 5) is 11.9. The van der Waals surface area contributed by atoms with Gasteiger partial charge in [0.15, 0.2) is 0 Å². The second-order valence-electron chi connectivity index (χ2n) is 4.67. The lowest BCUT2D eigenvalue weighted by Gasteiger charge is -2.08. The normalized spacial score (nSPS) is 9.86. The number of carbonyl (C=O) groups excluding carboxylic acids is 1. The highest BCUT2D eigenvalue weighted by Crippen LogP contribution is 2.17. The Balaban J connectivity index is 2.65. The molecule has 1 aromatic rings.